The average Bonchev–Trinajstić information content (AvgIpc) is 3.16. The van der Waals surface area contributed by atoms with E-state index in [-0.39, 0.29) is 5.91 Å². The van der Waals surface area contributed by atoms with Crippen molar-refractivity contribution in [2.75, 3.05) is 19.6 Å². The van der Waals surface area contributed by atoms with Crippen LogP contribution in [0.25, 0.3) is 22.0 Å². The van der Waals surface area contributed by atoms with E-state index < -0.39 is 0 Å². The van der Waals surface area contributed by atoms with Gasteiger partial charge in [-0.05, 0) is 54.3 Å². The van der Waals surface area contributed by atoms with E-state index in [2.05, 4.69) is 58.2 Å². The summed E-state index contributed by atoms with van der Waals surface area (Å²) >= 11 is 0. The van der Waals surface area contributed by atoms with Gasteiger partial charge in [-0.1, -0.05) is 60.7 Å². The summed E-state index contributed by atoms with van der Waals surface area (Å²) in [7, 11) is 2.19. The van der Waals surface area contributed by atoms with Gasteiger partial charge in [-0.25, -0.2) is 0 Å². The molecule has 0 bridgehead atoms. The van der Waals surface area contributed by atoms with Gasteiger partial charge in [0, 0.05) is 55.3 Å². The van der Waals surface area contributed by atoms with Crippen LogP contribution in [0, 0.1) is 0 Å². The largest absolute Gasteiger partial charge is 0.352 e. The molecule has 33 heavy (non-hydrogen) atoms. The lowest BCUT2D eigenvalue weighted by Gasteiger charge is -2.27. The first-order valence-corrected chi connectivity index (χ1v) is 11.9. The fraction of sp³-hybridized carbons (Fsp3) is 0.276. The third kappa shape index (κ3) is 4.57. The number of nitrogens with one attached hydrogen (secondary N) is 1. The molecule has 3 aromatic carbocycles. The van der Waals surface area contributed by atoms with E-state index in [1.807, 2.05) is 42.5 Å². The van der Waals surface area contributed by atoms with Crippen molar-refractivity contribution in [2.24, 2.45) is 7.05 Å². The summed E-state index contributed by atoms with van der Waals surface area (Å²) in [5, 5.41) is 4.47. The van der Waals surface area contributed by atoms with Gasteiger partial charge in [0.1, 0.15) is 0 Å². The van der Waals surface area contributed by atoms with Gasteiger partial charge in [0.25, 0.3) is 5.91 Å². The zero-order chi connectivity index (χ0) is 22.6. The Hall–Kier alpha value is -3.37. The molecule has 0 saturated carbocycles. The molecule has 1 N–H and O–H groups in total. The number of aromatic nitrogens is 1. The van der Waals surface area contributed by atoms with Crippen molar-refractivity contribution >= 4 is 16.8 Å². The lowest BCUT2D eigenvalue weighted by atomic mass is 10.0. The maximum absolute atomic E-state index is 12.5. The van der Waals surface area contributed by atoms with E-state index >= 15 is 0 Å². The lowest BCUT2D eigenvalue weighted by molar-refractivity contribution is 0.0952. The third-order valence-corrected chi connectivity index (χ3v) is 6.83. The smallest absolute Gasteiger partial charge is 0.251 e. The number of hydrogen-bond acceptors (Lipinski definition) is 2. The van der Waals surface area contributed by atoms with Crippen molar-refractivity contribution in [3.8, 4) is 11.1 Å². The molecule has 1 aliphatic heterocycles. The van der Waals surface area contributed by atoms with Gasteiger partial charge in [0.15, 0.2) is 0 Å². The van der Waals surface area contributed by atoms with Crippen molar-refractivity contribution in [1.29, 1.82) is 0 Å². The highest BCUT2D eigenvalue weighted by atomic mass is 16.1. The Morgan fingerprint density at radius 2 is 1.61 bits per heavy atom. The molecule has 1 aromatic heterocycles. The quantitative estimate of drug-likeness (QED) is 0.392. The van der Waals surface area contributed by atoms with Crippen LogP contribution >= 0.6 is 0 Å². The Bertz CT molecular complexity index is 1240. The van der Waals surface area contributed by atoms with Crippen LogP contribution in [0.1, 0.15) is 34.5 Å². The van der Waals surface area contributed by atoms with Gasteiger partial charge in [-0.2, -0.15) is 0 Å². The number of carbonyl (C=O) groups is 1. The van der Waals surface area contributed by atoms with Gasteiger partial charge in [-0.3, -0.25) is 9.69 Å². The van der Waals surface area contributed by atoms with Gasteiger partial charge >= 0.3 is 0 Å². The Morgan fingerprint density at radius 1 is 0.879 bits per heavy atom. The number of fused-ring (bicyclic) bond motifs is 3. The molecule has 0 spiro atoms. The van der Waals surface area contributed by atoms with Crippen molar-refractivity contribution in [2.45, 2.75) is 25.8 Å². The molecule has 4 nitrogen and oxygen atoms in total. The van der Waals surface area contributed by atoms with Gasteiger partial charge in [-0.15, -0.1) is 0 Å². The van der Waals surface area contributed by atoms with E-state index in [0.29, 0.717) is 12.1 Å². The molecule has 1 aliphatic rings. The maximum Gasteiger partial charge on any atom is 0.251 e. The molecule has 4 heteroatoms. The van der Waals surface area contributed by atoms with Crippen molar-refractivity contribution in [3.63, 3.8) is 0 Å². The third-order valence-electron chi connectivity index (χ3n) is 6.83. The number of benzene rings is 3. The minimum Gasteiger partial charge on any atom is -0.352 e. The number of para-hydroxylation sites is 1. The predicted octanol–water partition coefficient (Wildman–Crippen LogP) is 5.41. The minimum absolute atomic E-state index is 0.00739. The van der Waals surface area contributed by atoms with Crippen LogP contribution in [0.15, 0.2) is 78.9 Å². The van der Waals surface area contributed by atoms with Crippen LogP contribution in [0.4, 0.5) is 0 Å². The number of hydrogen-bond donors (Lipinski definition) is 1. The fourth-order valence-electron chi connectivity index (χ4n) is 4.99. The van der Waals surface area contributed by atoms with Crippen molar-refractivity contribution in [1.82, 2.24) is 14.8 Å². The highest BCUT2D eigenvalue weighted by Gasteiger charge is 2.22. The second-order valence-corrected chi connectivity index (χ2v) is 8.93. The average molecular weight is 438 g/mol. The first-order chi connectivity index (χ1) is 16.2. The molecule has 0 unspecified atom stereocenters. The van der Waals surface area contributed by atoms with Crippen LogP contribution in [0.3, 0.4) is 0 Å². The van der Waals surface area contributed by atoms with Gasteiger partial charge in [0.05, 0.1) is 0 Å². The summed E-state index contributed by atoms with van der Waals surface area (Å²) in [6.45, 7) is 3.92. The van der Waals surface area contributed by atoms with Gasteiger partial charge < -0.3 is 9.88 Å². The van der Waals surface area contributed by atoms with Crippen LogP contribution in [0.2, 0.25) is 0 Å². The molecule has 0 atom stereocenters. The SMILES string of the molecule is Cn1c2c(c3ccccc31)CN(CCCCNC(=O)c1ccc(-c3ccccc3)cc1)CC2. The van der Waals surface area contributed by atoms with E-state index in [0.717, 1.165) is 50.0 Å². The Balaban J connectivity index is 1.08. The first-order valence-electron chi connectivity index (χ1n) is 11.9. The second-order valence-electron chi connectivity index (χ2n) is 8.93. The molecule has 0 fully saturated rings. The molecular weight excluding hydrogens is 406 g/mol. The number of aryl methyl sites for hydroxylation is 1. The molecule has 4 aromatic rings. The molecule has 5 rings (SSSR count). The summed E-state index contributed by atoms with van der Waals surface area (Å²) in [5.41, 5.74) is 7.32. The van der Waals surface area contributed by atoms with E-state index in [1.54, 1.807) is 0 Å². The van der Waals surface area contributed by atoms with Gasteiger partial charge in [0.2, 0.25) is 0 Å². The Morgan fingerprint density at radius 3 is 2.42 bits per heavy atom. The monoisotopic (exact) mass is 437 g/mol. The minimum atomic E-state index is 0.00739. The highest BCUT2D eigenvalue weighted by molar-refractivity contribution is 5.94. The second kappa shape index (κ2) is 9.63. The summed E-state index contributed by atoms with van der Waals surface area (Å²) in [6, 6.07) is 26.8. The molecule has 1 amide bonds. The predicted molar refractivity (Wildman–Crippen MR) is 135 cm³/mol. The highest BCUT2D eigenvalue weighted by Crippen LogP contribution is 2.30. The van der Waals surface area contributed by atoms with Crippen molar-refractivity contribution in [3.05, 3.63) is 95.7 Å². The molecule has 0 radical (unpaired) electrons. The first kappa shape index (κ1) is 21.5. The standard InChI is InChI=1S/C29H31N3O/c1-31-27-12-6-5-11-25(27)26-21-32(20-17-28(26)31)19-8-7-18-30-29(33)24-15-13-23(14-16-24)22-9-3-2-4-10-22/h2-6,9-16H,7-8,17-21H2,1H3,(H,30,33). The molecule has 2 heterocycles. The maximum atomic E-state index is 12.5. The Labute approximate surface area is 195 Å². The van der Waals surface area contributed by atoms with E-state index in [4.69, 9.17) is 0 Å². The summed E-state index contributed by atoms with van der Waals surface area (Å²) in [6.07, 6.45) is 3.19. The molecule has 0 aliphatic carbocycles. The van der Waals surface area contributed by atoms with Crippen LogP contribution in [-0.4, -0.2) is 35.0 Å². The normalized spacial score (nSPS) is 13.7. The zero-order valence-electron chi connectivity index (χ0n) is 19.3. The van der Waals surface area contributed by atoms with Crippen LogP contribution in [-0.2, 0) is 20.0 Å². The number of carbonyl (C=O) groups excluding carboxylic acids is 1. The van der Waals surface area contributed by atoms with E-state index in [1.165, 1.54) is 22.2 Å². The number of nitrogens with zero attached hydrogens (tertiary/aromatic N) is 2. The number of amides is 1. The van der Waals surface area contributed by atoms with Crippen LogP contribution in [0.5, 0.6) is 0 Å². The van der Waals surface area contributed by atoms with Crippen molar-refractivity contribution < 1.29 is 4.79 Å². The Kier molecular flexibility index (Phi) is 6.27. The molecule has 0 saturated heterocycles. The van der Waals surface area contributed by atoms with Crippen LogP contribution < -0.4 is 5.32 Å². The van der Waals surface area contributed by atoms with E-state index in [9.17, 15) is 4.79 Å². The summed E-state index contributed by atoms with van der Waals surface area (Å²) < 4.78 is 2.37. The number of rotatable bonds is 7. The lowest BCUT2D eigenvalue weighted by Crippen LogP contribution is -2.32. The number of unbranched alkanes of at least 4 members (excludes halogenated alkanes) is 1. The summed E-state index contributed by atoms with van der Waals surface area (Å²) in [5.74, 6) is 0.00739. The summed E-state index contributed by atoms with van der Waals surface area (Å²) in [4.78, 5) is 15.1. The molecular formula is C29H31N3O. The fourth-order valence-corrected chi connectivity index (χ4v) is 4.99. The molecule has 168 valence electrons. The zero-order valence-corrected chi connectivity index (χ0v) is 19.3. The topological polar surface area (TPSA) is 37.3 Å².